The molecule has 0 spiro atoms. The molecule has 2 heterocycles. The van der Waals surface area contributed by atoms with E-state index >= 15 is 0 Å². The van der Waals surface area contributed by atoms with E-state index in [0.717, 1.165) is 34.4 Å². The fraction of sp³-hybridized carbons (Fsp3) is 0.208. The van der Waals surface area contributed by atoms with Gasteiger partial charge < -0.3 is 4.74 Å². The molecule has 166 valence electrons. The van der Waals surface area contributed by atoms with Gasteiger partial charge in [-0.2, -0.15) is 0 Å². The van der Waals surface area contributed by atoms with Crippen molar-refractivity contribution in [3.63, 3.8) is 0 Å². The Hall–Kier alpha value is -3.20. The molecule has 3 aromatic rings. The zero-order valence-corrected chi connectivity index (χ0v) is 18.2. The van der Waals surface area contributed by atoms with Gasteiger partial charge in [-0.25, -0.2) is 22.7 Å². The van der Waals surface area contributed by atoms with Crippen molar-refractivity contribution in [3.05, 3.63) is 84.7 Å². The molecule has 0 bridgehead atoms. The van der Waals surface area contributed by atoms with Gasteiger partial charge in [-0.05, 0) is 53.8 Å². The Kier molecular flexibility index (Phi) is 6.84. The maximum atomic E-state index is 13.1. The van der Waals surface area contributed by atoms with Crippen molar-refractivity contribution in [3.8, 4) is 11.1 Å². The molecule has 7 nitrogen and oxygen atoms in total. The smallest absolute Gasteiger partial charge is 0.267 e. The quantitative estimate of drug-likeness (QED) is 0.433. The Balaban J connectivity index is 1.43. The molecule has 1 fully saturated rings. The average molecular weight is 453 g/mol. The van der Waals surface area contributed by atoms with E-state index in [1.807, 2.05) is 36.4 Å². The minimum Gasteiger partial charge on any atom is -0.350 e. The highest BCUT2D eigenvalue weighted by Crippen LogP contribution is 2.24. The lowest BCUT2D eigenvalue weighted by Gasteiger charge is -2.21. The van der Waals surface area contributed by atoms with Crippen LogP contribution in [0.15, 0.2) is 84.0 Å². The van der Waals surface area contributed by atoms with Gasteiger partial charge in [0.25, 0.3) is 15.9 Å². The Morgan fingerprint density at radius 3 is 2.66 bits per heavy atom. The molecule has 0 aliphatic carbocycles. The van der Waals surface area contributed by atoms with Crippen LogP contribution < -0.4 is 5.48 Å². The summed E-state index contributed by atoms with van der Waals surface area (Å²) in [5.74, 6) is -0.453. The summed E-state index contributed by atoms with van der Waals surface area (Å²) in [5, 5.41) is 0. The Labute approximate surface area is 187 Å². The molecule has 1 atom stereocenters. The van der Waals surface area contributed by atoms with E-state index in [1.165, 1.54) is 24.5 Å². The summed E-state index contributed by atoms with van der Waals surface area (Å²) in [6.07, 6.45) is 8.00. The maximum Gasteiger partial charge on any atom is 0.267 e. The Bertz CT molecular complexity index is 1200. The van der Waals surface area contributed by atoms with Crippen LogP contribution in [0, 0.1) is 0 Å². The number of hydrogen-bond donors (Lipinski definition) is 1. The summed E-state index contributed by atoms with van der Waals surface area (Å²) in [4.78, 5) is 17.4. The first-order valence-electron chi connectivity index (χ1n) is 10.4. The lowest BCUT2D eigenvalue weighted by atomic mass is 10.1. The van der Waals surface area contributed by atoms with Crippen LogP contribution in [0.25, 0.3) is 17.2 Å². The lowest BCUT2D eigenvalue weighted by molar-refractivity contribution is -0.198. The van der Waals surface area contributed by atoms with Gasteiger partial charge in [0.2, 0.25) is 0 Å². The summed E-state index contributed by atoms with van der Waals surface area (Å²) < 4.78 is 32.7. The number of benzene rings is 2. The number of hydroxylamine groups is 1. The Morgan fingerprint density at radius 2 is 1.88 bits per heavy atom. The molecule has 1 saturated heterocycles. The molecule has 1 aliphatic heterocycles. The number of carbonyl (C=O) groups excluding carboxylic acids is 1. The molecule has 0 saturated carbocycles. The molecule has 4 rings (SSSR count). The molecule has 8 heteroatoms. The largest absolute Gasteiger partial charge is 0.350 e. The van der Waals surface area contributed by atoms with Crippen LogP contribution in [0.5, 0.6) is 0 Å². The van der Waals surface area contributed by atoms with E-state index in [4.69, 9.17) is 9.57 Å². The minimum atomic E-state index is -3.77. The van der Waals surface area contributed by atoms with Crippen molar-refractivity contribution in [1.82, 2.24) is 9.45 Å². The van der Waals surface area contributed by atoms with Crippen LogP contribution in [0.2, 0.25) is 0 Å². The molecule has 1 aromatic heterocycles. The third kappa shape index (κ3) is 5.34. The van der Waals surface area contributed by atoms with Crippen LogP contribution in [-0.2, 0) is 24.4 Å². The number of ether oxygens (including phenoxy) is 1. The van der Waals surface area contributed by atoms with Gasteiger partial charge in [-0.1, -0.05) is 42.5 Å². The summed E-state index contributed by atoms with van der Waals surface area (Å²) in [5.41, 5.74) is 4.65. The maximum absolute atomic E-state index is 13.1. The number of nitrogens with zero attached hydrogens (tertiary/aromatic N) is 1. The second-order valence-electron chi connectivity index (χ2n) is 7.39. The van der Waals surface area contributed by atoms with Gasteiger partial charge in [0.15, 0.2) is 6.29 Å². The van der Waals surface area contributed by atoms with Crippen molar-refractivity contribution < 1.29 is 22.8 Å². The van der Waals surface area contributed by atoms with E-state index in [2.05, 4.69) is 5.48 Å². The molecule has 2 aromatic carbocycles. The number of nitrogens with one attached hydrogen (secondary N) is 1. The van der Waals surface area contributed by atoms with Crippen LogP contribution in [0.1, 0.15) is 24.8 Å². The number of rotatable bonds is 7. The highest BCUT2D eigenvalue weighted by molar-refractivity contribution is 7.90. The van der Waals surface area contributed by atoms with Crippen LogP contribution >= 0.6 is 0 Å². The van der Waals surface area contributed by atoms with E-state index in [9.17, 15) is 13.2 Å². The van der Waals surface area contributed by atoms with Crippen molar-refractivity contribution in [1.29, 1.82) is 0 Å². The highest BCUT2D eigenvalue weighted by Gasteiger charge is 2.18. The second kappa shape index (κ2) is 9.95. The van der Waals surface area contributed by atoms with E-state index in [-0.39, 0.29) is 4.90 Å². The number of aromatic nitrogens is 1. The topological polar surface area (TPSA) is 86.6 Å². The summed E-state index contributed by atoms with van der Waals surface area (Å²) in [7, 11) is -3.77. The summed E-state index contributed by atoms with van der Waals surface area (Å²) >= 11 is 0. The predicted octanol–water partition coefficient (Wildman–Crippen LogP) is 3.98. The van der Waals surface area contributed by atoms with E-state index in [1.54, 1.807) is 24.3 Å². The third-order valence-electron chi connectivity index (χ3n) is 5.06. The van der Waals surface area contributed by atoms with Gasteiger partial charge in [0, 0.05) is 31.5 Å². The molecule has 32 heavy (non-hydrogen) atoms. The normalized spacial score (nSPS) is 16.8. The van der Waals surface area contributed by atoms with Crippen molar-refractivity contribution >= 4 is 22.0 Å². The number of carbonyl (C=O) groups is 1. The molecular formula is C24H24N2O5S. The minimum absolute atomic E-state index is 0.184. The van der Waals surface area contributed by atoms with Crippen molar-refractivity contribution in [2.75, 3.05) is 6.61 Å². The van der Waals surface area contributed by atoms with Crippen LogP contribution in [0.3, 0.4) is 0 Å². The molecule has 0 radical (unpaired) electrons. The van der Waals surface area contributed by atoms with Gasteiger partial charge >= 0.3 is 0 Å². The molecule has 1 aliphatic rings. The number of amides is 1. The Morgan fingerprint density at radius 1 is 1.06 bits per heavy atom. The molecule has 1 unspecified atom stereocenters. The first-order chi connectivity index (χ1) is 15.5. The summed E-state index contributed by atoms with van der Waals surface area (Å²) in [6.45, 7) is 0.618. The number of hydrogen-bond acceptors (Lipinski definition) is 5. The zero-order chi connectivity index (χ0) is 22.4. The zero-order valence-electron chi connectivity index (χ0n) is 17.4. The average Bonchev–Trinajstić information content (AvgIpc) is 3.33. The standard InChI is InChI=1S/C24H24N2O5S/c27-23(25-31-24-11-4-5-16-30-24)13-12-19-14-15-26(18-19)32(28,29)22-10-6-9-21(17-22)20-7-2-1-3-8-20/h1-3,6-10,12-15,17-18,24H,4-5,11,16H2,(H,25,27). The molecule has 1 N–H and O–H groups in total. The van der Waals surface area contributed by atoms with E-state index in [0.29, 0.717) is 12.2 Å². The van der Waals surface area contributed by atoms with Gasteiger partial charge in [-0.15, -0.1) is 0 Å². The molecular weight excluding hydrogens is 428 g/mol. The fourth-order valence-electron chi connectivity index (χ4n) is 3.36. The van der Waals surface area contributed by atoms with Gasteiger partial charge in [0.05, 0.1) is 4.90 Å². The highest BCUT2D eigenvalue weighted by atomic mass is 32.2. The molecule has 1 amide bonds. The first kappa shape index (κ1) is 22.0. The van der Waals surface area contributed by atoms with Crippen LogP contribution in [0.4, 0.5) is 0 Å². The van der Waals surface area contributed by atoms with E-state index < -0.39 is 22.2 Å². The monoisotopic (exact) mass is 452 g/mol. The first-order valence-corrected chi connectivity index (χ1v) is 11.8. The van der Waals surface area contributed by atoms with Crippen molar-refractivity contribution in [2.45, 2.75) is 30.4 Å². The lowest BCUT2D eigenvalue weighted by Crippen LogP contribution is -2.32. The summed E-state index contributed by atoms with van der Waals surface area (Å²) in [6, 6.07) is 18.0. The van der Waals surface area contributed by atoms with Crippen molar-refractivity contribution in [2.24, 2.45) is 0 Å². The third-order valence-corrected chi connectivity index (χ3v) is 6.69. The van der Waals surface area contributed by atoms with Crippen LogP contribution in [-0.4, -0.2) is 31.2 Å². The fourth-order valence-corrected chi connectivity index (χ4v) is 4.61. The second-order valence-corrected chi connectivity index (χ2v) is 9.23. The van der Waals surface area contributed by atoms with Gasteiger partial charge in [-0.3, -0.25) is 4.79 Å². The SMILES string of the molecule is O=C(C=Cc1ccn(S(=O)(=O)c2cccc(-c3ccccc3)c2)c1)NOC1CCCCO1. The predicted molar refractivity (Wildman–Crippen MR) is 121 cm³/mol. The van der Waals surface area contributed by atoms with Gasteiger partial charge in [0.1, 0.15) is 0 Å².